The third-order valence-corrected chi connectivity index (χ3v) is 4.67. The van der Waals surface area contributed by atoms with Crippen LogP contribution in [0.1, 0.15) is 5.56 Å². The Morgan fingerprint density at radius 1 is 1.44 bits per heavy atom. The summed E-state index contributed by atoms with van der Waals surface area (Å²) in [6.45, 7) is 2.10. The van der Waals surface area contributed by atoms with Crippen LogP contribution in [0.2, 0.25) is 0 Å². The van der Waals surface area contributed by atoms with Gasteiger partial charge in [0.1, 0.15) is 0 Å². The summed E-state index contributed by atoms with van der Waals surface area (Å²) >= 11 is 3.43. The monoisotopic (exact) mass is 278 g/mol. The minimum atomic E-state index is -0.176. The van der Waals surface area contributed by atoms with Crippen molar-refractivity contribution in [3.63, 3.8) is 0 Å². The molecule has 3 nitrogen and oxygen atoms in total. The highest BCUT2D eigenvalue weighted by molar-refractivity contribution is 8.01. The fraction of sp³-hybridized carbons (Fsp3) is 0.154. The Kier molecular flexibility index (Phi) is 4.41. The maximum atomic E-state index is 11.2. The van der Waals surface area contributed by atoms with Crippen LogP contribution < -0.4 is 11.1 Å². The van der Waals surface area contributed by atoms with Gasteiger partial charge in [-0.05, 0) is 42.1 Å². The lowest BCUT2D eigenvalue weighted by Gasteiger charge is -2.06. The number of thiophene rings is 1. The molecule has 18 heavy (non-hydrogen) atoms. The molecule has 0 aliphatic rings. The van der Waals surface area contributed by atoms with Crippen molar-refractivity contribution >= 4 is 34.7 Å². The number of nitrogens with one attached hydrogen (secondary N) is 1. The normalized spacial score (nSPS) is 10.3. The topological polar surface area (TPSA) is 55.1 Å². The molecule has 1 aromatic carbocycles. The standard InChI is InChI=1S/C13H14N2OS2/c1-9-5-6-17-13(9)18-11-4-2-3-10(7-11)15-12(16)8-14/h2-7H,8,14H2,1H3,(H,15,16). The fourth-order valence-electron chi connectivity index (χ4n) is 1.42. The molecule has 1 amide bonds. The van der Waals surface area contributed by atoms with Crippen LogP contribution in [-0.2, 0) is 4.79 Å². The Hall–Kier alpha value is -1.30. The summed E-state index contributed by atoms with van der Waals surface area (Å²) in [7, 11) is 0. The van der Waals surface area contributed by atoms with E-state index in [1.54, 1.807) is 23.1 Å². The van der Waals surface area contributed by atoms with Crippen LogP contribution in [-0.4, -0.2) is 12.5 Å². The van der Waals surface area contributed by atoms with Gasteiger partial charge >= 0.3 is 0 Å². The van der Waals surface area contributed by atoms with E-state index in [0.29, 0.717) is 0 Å². The maximum Gasteiger partial charge on any atom is 0.238 e. The first-order valence-electron chi connectivity index (χ1n) is 5.51. The van der Waals surface area contributed by atoms with Gasteiger partial charge in [0.15, 0.2) is 0 Å². The minimum absolute atomic E-state index is 0.00139. The second-order valence-corrected chi connectivity index (χ2v) is 6.03. The van der Waals surface area contributed by atoms with Crippen LogP contribution >= 0.6 is 23.1 Å². The number of aryl methyl sites for hydroxylation is 1. The van der Waals surface area contributed by atoms with E-state index in [1.165, 1.54) is 9.77 Å². The second kappa shape index (κ2) is 6.04. The van der Waals surface area contributed by atoms with Gasteiger partial charge in [0.2, 0.25) is 5.91 Å². The molecule has 0 aliphatic carbocycles. The number of carbonyl (C=O) groups excluding carboxylic acids is 1. The lowest BCUT2D eigenvalue weighted by molar-refractivity contribution is -0.114. The summed E-state index contributed by atoms with van der Waals surface area (Å²) in [6, 6.07) is 9.88. The van der Waals surface area contributed by atoms with Crippen molar-refractivity contribution in [1.82, 2.24) is 0 Å². The number of hydrogen-bond donors (Lipinski definition) is 2. The molecule has 0 aliphatic heterocycles. The van der Waals surface area contributed by atoms with E-state index in [2.05, 4.69) is 23.7 Å². The van der Waals surface area contributed by atoms with E-state index in [0.717, 1.165) is 10.6 Å². The Morgan fingerprint density at radius 2 is 2.28 bits per heavy atom. The summed E-state index contributed by atoms with van der Waals surface area (Å²) in [5.74, 6) is -0.176. The van der Waals surface area contributed by atoms with Crippen LogP contribution in [0.15, 0.2) is 44.8 Å². The van der Waals surface area contributed by atoms with Crippen LogP contribution in [0.4, 0.5) is 5.69 Å². The molecular weight excluding hydrogens is 264 g/mol. The molecule has 0 bridgehead atoms. The van der Waals surface area contributed by atoms with E-state index in [9.17, 15) is 4.79 Å². The number of anilines is 1. The number of carbonyl (C=O) groups is 1. The second-order valence-electron chi connectivity index (χ2n) is 3.77. The van der Waals surface area contributed by atoms with Crippen molar-refractivity contribution in [1.29, 1.82) is 0 Å². The molecule has 0 spiro atoms. The summed E-state index contributed by atoms with van der Waals surface area (Å²) in [4.78, 5) is 12.3. The van der Waals surface area contributed by atoms with Crippen LogP contribution in [0.3, 0.4) is 0 Å². The molecule has 1 aromatic heterocycles. The number of rotatable bonds is 4. The average Bonchev–Trinajstić information content (AvgIpc) is 2.75. The molecule has 0 unspecified atom stereocenters. The highest BCUT2D eigenvalue weighted by atomic mass is 32.2. The zero-order valence-electron chi connectivity index (χ0n) is 9.97. The lowest BCUT2D eigenvalue weighted by Crippen LogP contribution is -2.21. The Balaban J connectivity index is 2.12. The number of hydrogen-bond acceptors (Lipinski definition) is 4. The molecule has 2 aromatic rings. The zero-order chi connectivity index (χ0) is 13.0. The molecule has 0 radical (unpaired) electrons. The maximum absolute atomic E-state index is 11.2. The van der Waals surface area contributed by atoms with E-state index < -0.39 is 0 Å². The van der Waals surface area contributed by atoms with Gasteiger partial charge in [-0.25, -0.2) is 0 Å². The third kappa shape index (κ3) is 3.35. The zero-order valence-corrected chi connectivity index (χ0v) is 11.6. The molecule has 1 heterocycles. The predicted octanol–water partition coefficient (Wildman–Crippen LogP) is 3.10. The van der Waals surface area contributed by atoms with Crippen molar-refractivity contribution < 1.29 is 4.79 Å². The first kappa shape index (κ1) is 13.1. The van der Waals surface area contributed by atoms with Gasteiger partial charge in [0.05, 0.1) is 10.8 Å². The van der Waals surface area contributed by atoms with Gasteiger partial charge in [-0.15, -0.1) is 11.3 Å². The molecule has 94 valence electrons. The first-order valence-corrected chi connectivity index (χ1v) is 7.20. The largest absolute Gasteiger partial charge is 0.325 e. The van der Waals surface area contributed by atoms with Crippen molar-refractivity contribution in [2.24, 2.45) is 5.73 Å². The molecule has 5 heteroatoms. The van der Waals surface area contributed by atoms with Crippen LogP contribution in [0.5, 0.6) is 0 Å². The molecular formula is C13H14N2OS2. The Labute approximate surface area is 114 Å². The smallest absolute Gasteiger partial charge is 0.238 e. The van der Waals surface area contributed by atoms with E-state index in [-0.39, 0.29) is 12.5 Å². The molecule has 0 atom stereocenters. The predicted molar refractivity (Wildman–Crippen MR) is 77.3 cm³/mol. The fourth-order valence-corrected chi connectivity index (χ4v) is 3.49. The van der Waals surface area contributed by atoms with Crippen molar-refractivity contribution in [2.45, 2.75) is 16.0 Å². The van der Waals surface area contributed by atoms with Crippen molar-refractivity contribution in [3.05, 3.63) is 41.3 Å². The van der Waals surface area contributed by atoms with Gasteiger partial charge in [-0.1, -0.05) is 17.8 Å². The van der Waals surface area contributed by atoms with Crippen LogP contribution in [0, 0.1) is 6.92 Å². The lowest BCUT2D eigenvalue weighted by atomic mass is 10.3. The number of nitrogens with two attached hydrogens (primary N) is 1. The summed E-state index contributed by atoms with van der Waals surface area (Å²) in [5.41, 5.74) is 7.33. The molecule has 3 N–H and O–H groups in total. The number of amides is 1. The van der Waals surface area contributed by atoms with Gasteiger partial charge in [0.25, 0.3) is 0 Å². The summed E-state index contributed by atoms with van der Waals surface area (Å²) < 4.78 is 1.28. The summed E-state index contributed by atoms with van der Waals surface area (Å²) in [5, 5.41) is 4.83. The first-order chi connectivity index (χ1) is 8.69. The summed E-state index contributed by atoms with van der Waals surface area (Å²) in [6.07, 6.45) is 0. The molecule has 0 saturated carbocycles. The van der Waals surface area contributed by atoms with Gasteiger partial charge in [-0.2, -0.15) is 0 Å². The van der Waals surface area contributed by atoms with Crippen molar-refractivity contribution in [2.75, 3.05) is 11.9 Å². The van der Waals surface area contributed by atoms with Crippen molar-refractivity contribution in [3.8, 4) is 0 Å². The van der Waals surface area contributed by atoms with Gasteiger partial charge in [0, 0.05) is 10.6 Å². The Morgan fingerprint density at radius 3 is 2.94 bits per heavy atom. The van der Waals surface area contributed by atoms with E-state index >= 15 is 0 Å². The van der Waals surface area contributed by atoms with Gasteiger partial charge in [-0.3, -0.25) is 4.79 Å². The quantitative estimate of drug-likeness (QED) is 0.903. The highest BCUT2D eigenvalue weighted by Gasteiger charge is 2.04. The van der Waals surface area contributed by atoms with E-state index in [1.807, 2.05) is 24.3 Å². The van der Waals surface area contributed by atoms with E-state index in [4.69, 9.17) is 5.73 Å². The van der Waals surface area contributed by atoms with Gasteiger partial charge < -0.3 is 11.1 Å². The minimum Gasteiger partial charge on any atom is -0.325 e. The molecule has 0 saturated heterocycles. The number of benzene rings is 1. The average molecular weight is 278 g/mol. The third-order valence-electron chi connectivity index (χ3n) is 2.33. The van der Waals surface area contributed by atoms with Crippen LogP contribution in [0.25, 0.3) is 0 Å². The molecule has 0 fully saturated rings. The SMILES string of the molecule is Cc1ccsc1Sc1cccc(NC(=O)CN)c1. The Bertz CT molecular complexity index is 551. The molecule has 2 rings (SSSR count). The highest BCUT2D eigenvalue weighted by Crippen LogP contribution is 2.35.